The van der Waals surface area contributed by atoms with Gasteiger partial charge < -0.3 is 4.74 Å². The standard InChI is InChI=1S/C16H14ClFO2/c1-9-7-15(20-3)10(2)6-12(9)16(19)11-4-5-13(17)14(18)8-11/h4-8H,1-3H3. The third-order valence-electron chi connectivity index (χ3n) is 3.17. The summed E-state index contributed by atoms with van der Waals surface area (Å²) >= 11 is 5.62. The Balaban J connectivity index is 2.48. The molecule has 4 heteroatoms. The van der Waals surface area contributed by atoms with Crippen molar-refractivity contribution in [3.63, 3.8) is 0 Å². The van der Waals surface area contributed by atoms with Crippen molar-refractivity contribution in [3.05, 3.63) is 63.4 Å². The Hall–Kier alpha value is -1.87. The first kappa shape index (κ1) is 14.5. The van der Waals surface area contributed by atoms with E-state index in [4.69, 9.17) is 16.3 Å². The van der Waals surface area contributed by atoms with Gasteiger partial charge in [0.15, 0.2) is 5.78 Å². The molecule has 0 spiro atoms. The van der Waals surface area contributed by atoms with E-state index in [9.17, 15) is 9.18 Å². The first-order chi connectivity index (χ1) is 9.43. The van der Waals surface area contributed by atoms with Crippen LogP contribution in [0.4, 0.5) is 4.39 Å². The van der Waals surface area contributed by atoms with Gasteiger partial charge in [-0.3, -0.25) is 4.79 Å². The minimum atomic E-state index is -0.597. The number of ketones is 1. The average molecular weight is 293 g/mol. The molecule has 0 aliphatic rings. The van der Waals surface area contributed by atoms with Gasteiger partial charge in [0.1, 0.15) is 11.6 Å². The van der Waals surface area contributed by atoms with Crippen LogP contribution in [0.2, 0.25) is 5.02 Å². The third kappa shape index (κ3) is 2.68. The van der Waals surface area contributed by atoms with E-state index in [0.29, 0.717) is 5.56 Å². The summed E-state index contributed by atoms with van der Waals surface area (Å²) in [5.41, 5.74) is 2.45. The quantitative estimate of drug-likeness (QED) is 0.787. The molecule has 2 nitrogen and oxygen atoms in total. The Kier molecular flexibility index (Phi) is 4.09. The van der Waals surface area contributed by atoms with E-state index in [0.717, 1.165) is 22.9 Å². The molecule has 0 unspecified atom stereocenters. The Morgan fingerprint density at radius 2 is 1.85 bits per heavy atom. The average Bonchev–Trinajstić information content (AvgIpc) is 2.43. The second-order valence-electron chi connectivity index (χ2n) is 4.59. The molecule has 0 atom stereocenters. The van der Waals surface area contributed by atoms with Crippen molar-refractivity contribution >= 4 is 17.4 Å². The van der Waals surface area contributed by atoms with Crippen molar-refractivity contribution in [3.8, 4) is 5.75 Å². The van der Waals surface area contributed by atoms with Gasteiger partial charge in [0, 0.05) is 11.1 Å². The maximum absolute atomic E-state index is 13.4. The van der Waals surface area contributed by atoms with Crippen molar-refractivity contribution < 1.29 is 13.9 Å². The lowest BCUT2D eigenvalue weighted by atomic mass is 9.96. The van der Waals surface area contributed by atoms with E-state index in [1.165, 1.54) is 12.1 Å². The fourth-order valence-electron chi connectivity index (χ4n) is 2.05. The van der Waals surface area contributed by atoms with Crippen molar-refractivity contribution in [2.24, 2.45) is 0 Å². The highest BCUT2D eigenvalue weighted by Crippen LogP contribution is 2.25. The molecule has 20 heavy (non-hydrogen) atoms. The Morgan fingerprint density at radius 3 is 2.45 bits per heavy atom. The van der Waals surface area contributed by atoms with Crippen LogP contribution in [0.3, 0.4) is 0 Å². The molecule has 0 saturated carbocycles. The SMILES string of the molecule is COc1cc(C)c(C(=O)c2ccc(Cl)c(F)c2)cc1C. The van der Waals surface area contributed by atoms with E-state index >= 15 is 0 Å². The molecule has 104 valence electrons. The molecule has 0 N–H and O–H groups in total. The first-order valence-electron chi connectivity index (χ1n) is 6.09. The van der Waals surface area contributed by atoms with E-state index in [1.807, 2.05) is 13.8 Å². The van der Waals surface area contributed by atoms with Crippen LogP contribution in [-0.4, -0.2) is 12.9 Å². The topological polar surface area (TPSA) is 26.3 Å². The number of hydrogen-bond donors (Lipinski definition) is 0. The second-order valence-corrected chi connectivity index (χ2v) is 5.00. The molecule has 0 radical (unpaired) electrons. The Morgan fingerprint density at radius 1 is 1.15 bits per heavy atom. The van der Waals surface area contributed by atoms with Crippen LogP contribution in [-0.2, 0) is 0 Å². The summed E-state index contributed by atoms with van der Waals surface area (Å²) in [6.07, 6.45) is 0. The van der Waals surface area contributed by atoms with Crippen molar-refractivity contribution in [1.82, 2.24) is 0 Å². The molecule has 0 heterocycles. The number of halogens is 2. The van der Waals surface area contributed by atoms with Gasteiger partial charge in [-0.1, -0.05) is 11.6 Å². The Labute approximate surface area is 122 Å². The first-order valence-corrected chi connectivity index (χ1v) is 6.47. The van der Waals surface area contributed by atoms with Gasteiger partial charge in [-0.25, -0.2) is 4.39 Å². The summed E-state index contributed by atoms with van der Waals surface area (Å²) in [6.45, 7) is 3.68. The van der Waals surface area contributed by atoms with Gasteiger partial charge in [-0.15, -0.1) is 0 Å². The van der Waals surface area contributed by atoms with Gasteiger partial charge in [0.2, 0.25) is 0 Å². The number of carbonyl (C=O) groups excluding carboxylic acids is 1. The minimum Gasteiger partial charge on any atom is -0.496 e. The zero-order valence-electron chi connectivity index (χ0n) is 11.5. The number of rotatable bonds is 3. The van der Waals surface area contributed by atoms with Crippen LogP contribution in [0, 0.1) is 19.7 Å². The van der Waals surface area contributed by atoms with E-state index < -0.39 is 5.82 Å². The fourth-order valence-corrected chi connectivity index (χ4v) is 2.16. The molecular formula is C16H14ClFO2. The van der Waals surface area contributed by atoms with E-state index in [2.05, 4.69) is 0 Å². The summed E-state index contributed by atoms with van der Waals surface area (Å²) in [5.74, 6) is -0.106. The zero-order valence-corrected chi connectivity index (χ0v) is 12.2. The number of methoxy groups -OCH3 is 1. The molecule has 2 rings (SSSR count). The zero-order chi connectivity index (χ0) is 14.9. The smallest absolute Gasteiger partial charge is 0.193 e. The maximum atomic E-state index is 13.4. The molecule has 0 saturated heterocycles. The molecule has 0 aliphatic carbocycles. The number of carbonyl (C=O) groups is 1. The van der Waals surface area contributed by atoms with Crippen LogP contribution in [0.25, 0.3) is 0 Å². The van der Waals surface area contributed by atoms with Crippen LogP contribution in [0.5, 0.6) is 5.75 Å². The minimum absolute atomic E-state index is 0.00387. The van der Waals surface area contributed by atoms with Gasteiger partial charge >= 0.3 is 0 Å². The fraction of sp³-hybridized carbons (Fsp3) is 0.188. The van der Waals surface area contributed by atoms with Crippen LogP contribution >= 0.6 is 11.6 Å². The molecule has 0 aliphatic heterocycles. The van der Waals surface area contributed by atoms with Crippen LogP contribution in [0.1, 0.15) is 27.0 Å². The van der Waals surface area contributed by atoms with Crippen LogP contribution in [0.15, 0.2) is 30.3 Å². The van der Waals surface area contributed by atoms with Gasteiger partial charge in [-0.05, 0) is 55.3 Å². The molecule has 0 aromatic heterocycles. The van der Waals surface area contributed by atoms with Gasteiger partial charge in [0.05, 0.1) is 12.1 Å². The highest BCUT2D eigenvalue weighted by atomic mass is 35.5. The predicted octanol–water partition coefficient (Wildman–Crippen LogP) is 4.34. The predicted molar refractivity (Wildman–Crippen MR) is 77.3 cm³/mol. The summed E-state index contributed by atoms with van der Waals surface area (Å²) in [6, 6.07) is 7.62. The molecule has 0 bridgehead atoms. The van der Waals surface area contributed by atoms with Gasteiger partial charge in [0.25, 0.3) is 0 Å². The lowest BCUT2D eigenvalue weighted by molar-refractivity contribution is 0.103. The molecule has 0 amide bonds. The van der Waals surface area contributed by atoms with Crippen molar-refractivity contribution in [1.29, 1.82) is 0 Å². The second kappa shape index (κ2) is 5.63. The lowest BCUT2D eigenvalue weighted by Gasteiger charge is -2.11. The maximum Gasteiger partial charge on any atom is 0.193 e. The summed E-state index contributed by atoms with van der Waals surface area (Å²) in [5, 5.41) is 0.00387. The summed E-state index contributed by atoms with van der Waals surface area (Å²) in [7, 11) is 1.58. The van der Waals surface area contributed by atoms with Gasteiger partial charge in [-0.2, -0.15) is 0 Å². The van der Waals surface area contributed by atoms with Crippen molar-refractivity contribution in [2.75, 3.05) is 7.11 Å². The number of aryl methyl sites for hydroxylation is 2. The highest BCUT2D eigenvalue weighted by Gasteiger charge is 2.15. The van der Waals surface area contributed by atoms with Crippen molar-refractivity contribution in [2.45, 2.75) is 13.8 Å². The summed E-state index contributed by atoms with van der Waals surface area (Å²) < 4.78 is 18.7. The Bertz CT molecular complexity index is 680. The summed E-state index contributed by atoms with van der Waals surface area (Å²) in [4.78, 5) is 12.4. The molecule has 2 aromatic rings. The third-order valence-corrected chi connectivity index (χ3v) is 3.47. The normalized spacial score (nSPS) is 10.4. The highest BCUT2D eigenvalue weighted by molar-refractivity contribution is 6.30. The largest absolute Gasteiger partial charge is 0.496 e. The number of ether oxygens (including phenoxy) is 1. The molecular weight excluding hydrogens is 279 g/mol. The van der Waals surface area contributed by atoms with E-state index in [1.54, 1.807) is 19.2 Å². The molecule has 0 fully saturated rings. The van der Waals surface area contributed by atoms with E-state index in [-0.39, 0.29) is 16.4 Å². The number of hydrogen-bond acceptors (Lipinski definition) is 2. The number of benzene rings is 2. The van der Waals surface area contributed by atoms with Crippen LogP contribution < -0.4 is 4.74 Å². The molecule has 2 aromatic carbocycles. The lowest BCUT2D eigenvalue weighted by Crippen LogP contribution is -2.05. The monoisotopic (exact) mass is 292 g/mol.